The quantitative estimate of drug-likeness (QED) is 0.605. The number of hydrogen-bond donors (Lipinski definition) is 1. The molecule has 3 nitrogen and oxygen atoms in total. The van der Waals surface area contributed by atoms with E-state index in [1.54, 1.807) is 12.1 Å². The van der Waals surface area contributed by atoms with Crippen LogP contribution in [0.25, 0.3) is 0 Å². The minimum Gasteiger partial charge on any atom is -0.395 e. The Morgan fingerprint density at radius 1 is 1.27 bits per heavy atom. The van der Waals surface area contributed by atoms with Gasteiger partial charge in [-0.25, -0.2) is 8.42 Å². The van der Waals surface area contributed by atoms with Gasteiger partial charge in [0.2, 0.25) is 9.84 Å². The summed E-state index contributed by atoms with van der Waals surface area (Å²) < 4.78 is 23.1. The zero-order chi connectivity index (χ0) is 11.3. The molecule has 0 saturated carbocycles. The lowest BCUT2D eigenvalue weighted by molar-refractivity contribution is 0.305. The van der Waals surface area contributed by atoms with E-state index in [0.29, 0.717) is 0 Å². The third-order valence-corrected chi connectivity index (χ3v) is 3.08. The summed E-state index contributed by atoms with van der Waals surface area (Å²) in [4.78, 5) is 0.193. The van der Waals surface area contributed by atoms with Gasteiger partial charge in [-0.2, -0.15) is 0 Å². The smallest absolute Gasteiger partial charge is 0.245 e. The highest BCUT2D eigenvalue weighted by Gasteiger charge is 2.09. The highest BCUT2D eigenvalue weighted by Crippen LogP contribution is 2.10. The van der Waals surface area contributed by atoms with Crippen LogP contribution in [0.5, 0.6) is 0 Å². The summed E-state index contributed by atoms with van der Waals surface area (Å²) in [5, 5.41) is 10.6. The zero-order valence-electron chi connectivity index (χ0n) is 8.40. The van der Waals surface area contributed by atoms with E-state index in [1.807, 2.05) is 6.92 Å². The maximum absolute atomic E-state index is 11.6. The molecule has 0 amide bonds. The molecule has 0 fully saturated rings. The number of hydrogen-bond acceptors (Lipinski definition) is 3. The van der Waals surface area contributed by atoms with Crippen LogP contribution in [-0.4, -0.2) is 20.1 Å². The fraction of sp³-hybridized carbons (Fsp3) is 0.273. The average molecular weight is 224 g/mol. The maximum atomic E-state index is 11.6. The minimum absolute atomic E-state index is 0.129. The van der Waals surface area contributed by atoms with Crippen LogP contribution in [0.3, 0.4) is 0 Å². The number of sulfone groups is 1. The second-order valence-electron chi connectivity index (χ2n) is 3.07. The molecule has 0 aliphatic carbocycles. The van der Waals surface area contributed by atoms with Crippen molar-refractivity contribution in [3.05, 3.63) is 29.8 Å². The van der Waals surface area contributed by atoms with Crippen LogP contribution < -0.4 is 0 Å². The normalized spacial score (nSPS) is 10.5. The summed E-state index contributed by atoms with van der Waals surface area (Å²) in [7, 11) is -3.52. The minimum atomic E-state index is -3.52. The molecule has 1 N–H and O–H groups in total. The van der Waals surface area contributed by atoms with Gasteiger partial charge in [0.15, 0.2) is 0 Å². The predicted molar refractivity (Wildman–Crippen MR) is 57.8 cm³/mol. The first-order chi connectivity index (χ1) is 7.06. The van der Waals surface area contributed by atoms with E-state index in [0.717, 1.165) is 5.56 Å². The summed E-state index contributed by atoms with van der Waals surface area (Å²) in [6, 6.07) is 6.50. The summed E-state index contributed by atoms with van der Waals surface area (Å²) in [5.41, 5.74) is 0.997. The largest absolute Gasteiger partial charge is 0.395 e. The molecule has 0 unspecified atom stereocenters. The van der Waals surface area contributed by atoms with Crippen molar-refractivity contribution in [1.82, 2.24) is 0 Å². The lowest BCUT2D eigenvalue weighted by Crippen LogP contribution is -1.96. The number of rotatable bonds is 2. The van der Waals surface area contributed by atoms with Crippen molar-refractivity contribution in [3.8, 4) is 11.2 Å². The van der Waals surface area contributed by atoms with Gasteiger partial charge >= 0.3 is 0 Å². The first kappa shape index (κ1) is 11.8. The van der Waals surface area contributed by atoms with Gasteiger partial charge in [0.05, 0.1) is 11.5 Å². The zero-order valence-corrected chi connectivity index (χ0v) is 9.21. The van der Waals surface area contributed by atoms with Crippen LogP contribution in [0.15, 0.2) is 29.2 Å². The monoisotopic (exact) mass is 224 g/mol. The third-order valence-electron chi connectivity index (χ3n) is 1.77. The Labute approximate surface area is 89.7 Å². The molecule has 4 heteroatoms. The fourth-order valence-electron chi connectivity index (χ4n) is 0.978. The van der Waals surface area contributed by atoms with Gasteiger partial charge in [-0.05, 0) is 19.1 Å². The molecular formula is C11H12O3S. The van der Waals surface area contributed by atoms with E-state index in [-0.39, 0.29) is 17.9 Å². The van der Waals surface area contributed by atoms with E-state index in [1.165, 1.54) is 12.1 Å². The topological polar surface area (TPSA) is 54.4 Å². The molecule has 0 aliphatic heterocycles. The van der Waals surface area contributed by atoms with Crippen molar-refractivity contribution in [2.45, 2.75) is 18.2 Å². The summed E-state index contributed by atoms with van der Waals surface area (Å²) in [5.74, 6) is 2.40. The fourth-order valence-corrected chi connectivity index (χ4v) is 1.88. The Morgan fingerprint density at radius 2 is 1.87 bits per heavy atom. The lowest BCUT2D eigenvalue weighted by Gasteiger charge is -1.96. The SMILES string of the molecule is Cc1ccc(S(=O)(=O)C#CCCO)cc1. The summed E-state index contributed by atoms with van der Waals surface area (Å²) in [6.45, 7) is 1.75. The van der Waals surface area contributed by atoms with E-state index < -0.39 is 9.84 Å². The van der Waals surface area contributed by atoms with E-state index >= 15 is 0 Å². The standard InChI is InChI=1S/C11H12O3S/c1-10-4-6-11(7-5-10)15(13,14)9-3-2-8-12/h4-7,12H,2,8H2,1H3. The highest BCUT2D eigenvalue weighted by atomic mass is 32.2. The Kier molecular flexibility index (Phi) is 3.89. The Hall–Kier alpha value is -1.31. The van der Waals surface area contributed by atoms with Crippen LogP contribution in [-0.2, 0) is 9.84 Å². The van der Waals surface area contributed by atoms with Crippen molar-refractivity contribution < 1.29 is 13.5 Å². The van der Waals surface area contributed by atoms with Gasteiger partial charge in [-0.3, -0.25) is 0 Å². The second kappa shape index (κ2) is 4.96. The van der Waals surface area contributed by atoms with Gasteiger partial charge in [0.25, 0.3) is 0 Å². The van der Waals surface area contributed by atoms with E-state index in [4.69, 9.17) is 5.11 Å². The molecule has 1 rings (SSSR count). The molecule has 0 saturated heterocycles. The molecule has 15 heavy (non-hydrogen) atoms. The lowest BCUT2D eigenvalue weighted by atomic mass is 10.2. The Balaban J connectivity index is 2.98. The van der Waals surface area contributed by atoms with Gasteiger partial charge in [-0.15, -0.1) is 0 Å². The molecule has 80 valence electrons. The first-order valence-corrected chi connectivity index (χ1v) is 5.97. The van der Waals surface area contributed by atoms with Crippen molar-refractivity contribution in [3.63, 3.8) is 0 Å². The van der Waals surface area contributed by atoms with Crippen LogP contribution in [0.2, 0.25) is 0 Å². The molecule has 0 heterocycles. The van der Waals surface area contributed by atoms with Gasteiger partial charge in [-0.1, -0.05) is 23.6 Å². The van der Waals surface area contributed by atoms with E-state index in [2.05, 4.69) is 11.2 Å². The summed E-state index contributed by atoms with van der Waals surface area (Å²) in [6.07, 6.45) is 0.172. The van der Waals surface area contributed by atoms with Crippen molar-refractivity contribution in [2.24, 2.45) is 0 Å². The summed E-state index contributed by atoms with van der Waals surface area (Å²) >= 11 is 0. The molecule has 0 radical (unpaired) electrons. The molecular weight excluding hydrogens is 212 g/mol. The molecule has 0 spiro atoms. The molecule has 0 bridgehead atoms. The Morgan fingerprint density at radius 3 is 2.40 bits per heavy atom. The van der Waals surface area contributed by atoms with Crippen LogP contribution in [0.4, 0.5) is 0 Å². The van der Waals surface area contributed by atoms with Crippen molar-refractivity contribution >= 4 is 9.84 Å². The van der Waals surface area contributed by atoms with Crippen LogP contribution in [0.1, 0.15) is 12.0 Å². The third kappa shape index (κ3) is 3.39. The number of aliphatic hydroxyl groups excluding tert-OH is 1. The maximum Gasteiger partial charge on any atom is 0.245 e. The van der Waals surface area contributed by atoms with Crippen LogP contribution in [0, 0.1) is 18.1 Å². The Bertz CT molecular complexity index is 475. The molecule has 0 atom stereocenters. The van der Waals surface area contributed by atoms with Crippen LogP contribution >= 0.6 is 0 Å². The number of aryl methyl sites for hydroxylation is 1. The molecule has 1 aromatic rings. The number of benzene rings is 1. The average Bonchev–Trinajstić information content (AvgIpc) is 2.18. The van der Waals surface area contributed by atoms with E-state index in [9.17, 15) is 8.42 Å². The second-order valence-corrected chi connectivity index (χ2v) is 4.75. The molecule has 0 aliphatic rings. The molecule has 0 aromatic heterocycles. The number of aliphatic hydroxyl groups is 1. The van der Waals surface area contributed by atoms with Crippen molar-refractivity contribution in [2.75, 3.05) is 6.61 Å². The highest BCUT2D eigenvalue weighted by molar-refractivity contribution is 7.96. The van der Waals surface area contributed by atoms with Gasteiger partial charge < -0.3 is 5.11 Å². The van der Waals surface area contributed by atoms with Gasteiger partial charge in [0, 0.05) is 11.7 Å². The predicted octanol–water partition coefficient (Wildman–Crippen LogP) is 1.11. The molecule has 1 aromatic carbocycles. The van der Waals surface area contributed by atoms with Crippen molar-refractivity contribution in [1.29, 1.82) is 0 Å². The van der Waals surface area contributed by atoms with Gasteiger partial charge in [0.1, 0.15) is 0 Å². The first-order valence-electron chi connectivity index (χ1n) is 4.48.